The van der Waals surface area contributed by atoms with Gasteiger partial charge in [-0.2, -0.15) is 0 Å². The average Bonchev–Trinajstić information content (AvgIpc) is 2.14. The highest BCUT2D eigenvalue weighted by Crippen LogP contribution is 2.14. The molecule has 0 spiro atoms. The van der Waals surface area contributed by atoms with Crippen molar-refractivity contribution in [3.8, 4) is 0 Å². The van der Waals surface area contributed by atoms with Crippen molar-refractivity contribution in [2.24, 2.45) is 5.73 Å². The third-order valence-electron chi connectivity index (χ3n) is 2.59. The van der Waals surface area contributed by atoms with Crippen molar-refractivity contribution in [3.05, 3.63) is 0 Å². The lowest BCUT2D eigenvalue weighted by atomic mass is 9.95. The van der Waals surface area contributed by atoms with Crippen molar-refractivity contribution in [2.45, 2.75) is 45.6 Å². The van der Waals surface area contributed by atoms with E-state index in [1.54, 1.807) is 0 Å². The molecule has 3 N–H and O–H groups in total. The summed E-state index contributed by atoms with van der Waals surface area (Å²) in [5.41, 5.74) is 5.15. The molecule has 0 unspecified atom stereocenters. The molecule has 0 saturated heterocycles. The molecule has 14 heavy (non-hydrogen) atoms. The second kappa shape index (κ2) is 5.68. The highest BCUT2D eigenvalue weighted by Gasteiger charge is 2.29. The van der Waals surface area contributed by atoms with Gasteiger partial charge in [0.2, 0.25) is 10.0 Å². The quantitative estimate of drug-likeness (QED) is 0.670. The van der Waals surface area contributed by atoms with Crippen molar-refractivity contribution < 1.29 is 8.42 Å². The number of sulfonamides is 1. The Morgan fingerprint density at radius 3 is 2.00 bits per heavy atom. The van der Waals surface area contributed by atoms with E-state index in [0.29, 0.717) is 13.0 Å². The van der Waals surface area contributed by atoms with Gasteiger partial charge >= 0.3 is 0 Å². The van der Waals surface area contributed by atoms with Crippen LogP contribution in [0.4, 0.5) is 0 Å². The van der Waals surface area contributed by atoms with Gasteiger partial charge in [0.05, 0.1) is 5.75 Å². The molecule has 0 aromatic rings. The minimum Gasteiger partial charge on any atom is -0.329 e. The first-order valence-electron chi connectivity index (χ1n) is 5.17. The number of nitrogens with two attached hydrogens (primary N) is 1. The number of hydrogen-bond donors (Lipinski definition) is 2. The minimum absolute atomic E-state index is 0.175. The van der Waals surface area contributed by atoms with Gasteiger partial charge in [0.1, 0.15) is 0 Å². The minimum atomic E-state index is -3.16. The summed E-state index contributed by atoms with van der Waals surface area (Å²) in [7, 11) is -3.16. The first-order chi connectivity index (χ1) is 6.45. The topological polar surface area (TPSA) is 72.2 Å². The molecule has 0 rings (SSSR count). The molecule has 5 heteroatoms. The molecular formula is C9H22N2O2S. The van der Waals surface area contributed by atoms with Gasteiger partial charge in [-0.05, 0) is 19.3 Å². The van der Waals surface area contributed by atoms with Crippen molar-refractivity contribution in [1.82, 2.24) is 4.72 Å². The highest BCUT2D eigenvalue weighted by atomic mass is 32.2. The molecule has 0 amide bonds. The summed E-state index contributed by atoms with van der Waals surface area (Å²) in [6.45, 7) is 6.10. The number of hydrogen-bond acceptors (Lipinski definition) is 3. The summed E-state index contributed by atoms with van der Waals surface area (Å²) >= 11 is 0. The van der Waals surface area contributed by atoms with Gasteiger partial charge in [-0.1, -0.05) is 20.8 Å². The lowest BCUT2D eigenvalue weighted by molar-refractivity contribution is 0.363. The maximum atomic E-state index is 11.6. The fourth-order valence-corrected chi connectivity index (χ4v) is 3.05. The summed E-state index contributed by atoms with van der Waals surface area (Å²) in [5, 5.41) is 0. The van der Waals surface area contributed by atoms with Crippen molar-refractivity contribution in [1.29, 1.82) is 0 Å². The molecule has 0 aliphatic rings. The molecule has 0 aliphatic heterocycles. The van der Waals surface area contributed by atoms with Crippen LogP contribution in [0.2, 0.25) is 0 Å². The van der Waals surface area contributed by atoms with Crippen LogP contribution in [0.15, 0.2) is 0 Å². The Bertz CT molecular complexity index is 237. The summed E-state index contributed by atoms with van der Waals surface area (Å²) in [6.07, 6.45) is 2.08. The lowest BCUT2D eigenvalue weighted by Gasteiger charge is -2.30. The third-order valence-corrected chi connectivity index (χ3v) is 4.28. The molecule has 0 aliphatic carbocycles. The van der Waals surface area contributed by atoms with Gasteiger partial charge in [-0.15, -0.1) is 0 Å². The fraction of sp³-hybridized carbons (Fsp3) is 1.00. The Hall–Kier alpha value is -0.130. The first kappa shape index (κ1) is 13.9. The van der Waals surface area contributed by atoms with Gasteiger partial charge in [0, 0.05) is 12.1 Å². The zero-order valence-electron chi connectivity index (χ0n) is 9.34. The number of nitrogens with one attached hydrogen (secondary N) is 1. The van der Waals surface area contributed by atoms with Crippen LogP contribution >= 0.6 is 0 Å². The van der Waals surface area contributed by atoms with Crippen LogP contribution in [-0.4, -0.2) is 26.3 Å². The second-order valence-electron chi connectivity index (χ2n) is 3.61. The largest absolute Gasteiger partial charge is 0.329 e. The predicted molar refractivity (Wildman–Crippen MR) is 59.6 cm³/mol. The molecule has 0 atom stereocenters. The number of rotatable bonds is 7. The summed E-state index contributed by atoms with van der Waals surface area (Å²) in [4.78, 5) is 0. The van der Waals surface area contributed by atoms with Crippen molar-refractivity contribution in [2.75, 3.05) is 12.3 Å². The molecule has 0 heterocycles. The summed E-state index contributed by atoms with van der Waals surface area (Å²) in [6, 6.07) is 0. The van der Waals surface area contributed by atoms with Crippen LogP contribution in [-0.2, 0) is 10.0 Å². The van der Waals surface area contributed by atoms with Crippen LogP contribution in [0.3, 0.4) is 0 Å². The summed E-state index contributed by atoms with van der Waals surface area (Å²) in [5.74, 6) is 0.175. The van der Waals surface area contributed by atoms with Crippen LogP contribution < -0.4 is 10.5 Å². The zero-order valence-corrected chi connectivity index (χ0v) is 10.2. The molecule has 0 bridgehead atoms. The Kier molecular flexibility index (Phi) is 5.63. The Balaban J connectivity index is 4.59. The Morgan fingerprint density at radius 1 is 1.21 bits per heavy atom. The SMILES string of the molecule is CCCS(=O)(=O)NC(CC)(CC)CN. The standard InChI is InChI=1S/C9H22N2O2S/c1-4-7-14(12,13)11-9(5-2,6-3)8-10/h11H,4-8,10H2,1-3H3. The van der Waals surface area contributed by atoms with Gasteiger partial charge < -0.3 is 5.73 Å². The van der Waals surface area contributed by atoms with Gasteiger partial charge in [-0.25, -0.2) is 13.1 Å². The van der Waals surface area contributed by atoms with Gasteiger partial charge in [-0.3, -0.25) is 0 Å². The normalized spacial score (nSPS) is 13.1. The van der Waals surface area contributed by atoms with E-state index in [-0.39, 0.29) is 5.75 Å². The van der Waals surface area contributed by atoms with Crippen LogP contribution in [0.25, 0.3) is 0 Å². The molecule has 0 aromatic heterocycles. The van der Waals surface area contributed by atoms with Crippen LogP contribution in [0, 0.1) is 0 Å². The van der Waals surface area contributed by atoms with E-state index in [4.69, 9.17) is 5.73 Å². The fourth-order valence-electron chi connectivity index (χ4n) is 1.37. The third kappa shape index (κ3) is 3.94. The maximum absolute atomic E-state index is 11.6. The van der Waals surface area contributed by atoms with E-state index >= 15 is 0 Å². The molecule has 4 nitrogen and oxygen atoms in total. The van der Waals surface area contributed by atoms with Crippen LogP contribution in [0.1, 0.15) is 40.0 Å². The molecule has 0 fully saturated rings. The predicted octanol–water partition coefficient (Wildman–Crippen LogP) is 0.833. The van der Waals surface area contributed by atoms with Gasteiger partial charge in [0.25, 0.3) is 0 Å². The average molecular weight is 222 g/mol. The molecule has 0 saturated carbocycles. The zero-order chi connectivity index (χ0) is 11.2. The Labute approximate surface area is 87.3 Å². The maximum Gasteiger partial charge on any atom is 0.212 e. The van der Waals surface area contributed by atoms with E-state index in [2.05, 4.69) is 4.72 Å². The second-order valence-corrected chi connectivity index (χ2v) is 5.45. The summed E-state index contributed by atoms with van der Waals surface area (Å²) < 4.78 is 25.8. The lowest BCUT2D eigenvalue weighted by Crippen LogP contribution is -2.53. The van der Waals surface area contributed by atoms with Gasteiger partial charge in [0.15, 0.2) is 0 Å². The highest BCUT2D eigenvalue weighted by molar-refractivity contribution is 7.89. The van der Waals surface area contributed by atoms with E-state index in [1.165, 1.54) is 0 Å². The van der Waals surface area contributed by atoms with E-state index < -0.39 is 15.6 Å². The smallest absolute Gasteiger partial charge is 0.212 e. The molecule has 0 radical (unpaired) electrons. The van der Waals surface area contributed by atoms with Crippen molar-refractivity contribution in [3.63, 3.8) is 0 Å². The van der Waals surface area contributed by atoms with Crippen molar-refractivity contribution >= 4 is 10.0 Å². The monoisotopic (exact) mass is 222 g/mol. The van der Waals surface area contributed by atoms with E-state index in [0.717, 1.165) is 12.8 Å². The Morgan fingerprint density at radius 2 is 1.71 bits per heavy atom. The first-order valence-corrected chi connectivity index (χ1v) is 6.82. The van der Waals surface area contributed by atoms with E-state index in [1.807, 2.05) is 20.8 Å². The molecular weight excluding hydrogens is 200 g/mol. The molecule has 86 valence electrons. The molecule has 0 aromatic carbocycles. The van der Waals surface area contributed by atoms with E-state index in [9.17, 15) is 8.42 Å². The van der Waals surface area contributed by atoms with Crippen LogP contribution in [0.5, 0.6) is 0 Å².